The fourth-order valence-corrected chi connectivity index (χ4v) is 1.71. The molecule has 3 N–H and O–H groups in total. The predicted octanol–water partition coefficient (Wildman–Crippen LogP) is 2.57. The SMILES string of the molecule is CCOCC(NC(=O)Nc1cccc(C(=O)O)c1)C(C)C. The molecule has 0 saturated heterocycles. The Kier molecular flexibility index (Phi) is 6.68. The van der Waals surface area contributed by atoms with Crippen LogP contribution in [0.5, 0.6) is 0 Å². The van der Waals surface area contributed by atoms with Crippen molar-refractivity contribution in [2.24, 2.45) is 5.92 Å². The zero-order valence-corrected chi connectivity index (χ0v) is 12.6. The Morgan fingerprint density at radius 2 is 2.05 bits per heavy atom. The molecule has 1 rings (SSSR count). The van der Waals surface area contributed by atoms with Gasteiger partial charge in [-0.05, 0) is 31.0 Å². The topological polar surface area (TPSA) is 87.7 Å². The maximum absolute atomic E-state index is 11.9. The molecule has 0 aliphatic carbocycles. The van der Waals surface area contributed by atoms with Crippen molar-refractivity contribution >= 4 is 17.7 Å². The highest BCUT2D eigenvalue weighted by Gasteiger charge is 2.16. The number of aromatic carboxylic acids is 1. The molecule has 1 atom stereocenters. The molecule has 21 heavy (non-hydrogen) atoms. The number of urea groups is 1. The lowest BCUT2D eigenvalue weighted by Crippen LogP contribution is -2.44. The third-order valence-electron chi connectivity index (χ3n) is 2.99. The van der Waals surface area contributed by atoms with Crippen LogP contribution in [0.2, 0.25) is 0 Å². The van der Waals surface area contributed by atoms with Crippen molar-refractivity contribution in [2.45, 2.75) is 26.8 Å². The van der Waals surface area contributed by atoms with Crippen molar-refractivity contribution in [2.75, 3.05) is 18.5 Å². The van der Waals surface area contributed by atoms with Gasteiger partial charge >= 0.3 is 12.0 Å². The summed E-state index contributed by atoms with van der Waals surface area (Å²) in [6.07, 6.45) is 0. The number of anilines is 1. The minimum atomic E-state index is -1.03. The van der Waals surface area contributed by atoms with Crippen LogP contribution in [-0.2, 0) is 4.74 Å². The van der Waals surface area contributed by atoms with E-state index in [1.807, 2.05) is 20.8 Å². The number of nitrogens with one attached hydrogen (secondary N) is 2. The summed E-state index contributed by atoms with van der Waals surface area (Å²) < 4.78 is 5.34. The number of carbonyl (C=O) groups is 2. The molecule has 0 aliphatic rings. The highest BCUT2D eigenvalue weighted by atomic mass is 16.5. The van der Waals surface area contributed by atoms with Gasteiger partial charge < -0.3 is 20.5 Å². The smallest absolute Gasteiger partial charge is 0.335 e. The Hall–Kier alpha value is -2.08. The number of carboxylic acids is 1. The lowest BCUT2D eigenvalue weighted by atomic mass is 10.1. The van der Waals surface area contributed by atoms with Crippen LogP contribution in [0.1, 0.15) is 31.1 Å². The van der Waals surface area contributed by atoms with Crippen molar-refractivity contribution in [3.63, 3.8) is 0 Å². The van der Waals surface area contributed by atoms with Crippen LogP contribution in [0.25, 0.3) is 0 Å². The van der Waals surface area contributed by atoms with Crippen LogP contribution < -0.4 is 10.6 Å². The van der Waals surface area contributed by atoms with Gasteiger partial charge in [-0.1, -0.05) is 19.9 Å². The van der Waals surface area contributed by atoms with E-state index in [1.54, 1.807) is 12.1 Å². The molecular weight excluding hydrogens is 272 g/mol. The van der Waals surface area contributed by atoms with Crippen LogP contribution in [0, 0.1) is 5.92 Å². The first kappa shape index (κ1) is 17.0. The summed E-state index contributed by atoms with van der Waals surface area (Å²) >= 11 is 0. The minimum Gasteiger partial charge on any atom is -0.478 e. The van der Waals surface area contributed by atoms with Gasteiger partial charge in [0.25, 0.3) is 0 Å². The van der Waals surface area contributed by atoms with Gasteiger partial charge in [0.2, 0.25) is 0 Å². The molecule has 0 spiro atoms. The number of amides is 2. The van der Waals surface area contributed by atoms with Crippen molar-refractivity contribution in [1.82, 2.24) is 5.32 Å². The standard InChI is InChI=1S/C15H22N2O4/c1-4-21-9-13(10(2)3)17-15(20)16-12-7-5-6-11(8-12)14(18)19/h5-8,10,13H,4,9H2,1-3H3,(H,18,19)(H2,16,17,20). The molecule has 2 amide bonds. The number of carbonyl (C=O) groups excluding carboxylic acids is 1. The van der Waals surface area contributed by atoms with E-state index in [0.29, 0.717) is 18.9 Å². The van der Waals surface area contributed by atoms with Gasteiger partial charge in [0, 0.05) is 12.3 Å². The summed E-state index contributed by atoms with van der Waals surface area (Å²) in [6, 6.07) is 5.62. The first-order chi connectivity index (χ1) is 9.93. The number of benzene rings is 1. The van der Waals surface area contributed by atoms with E-state index in [-0.39, 0.29) is 23.6 Å². The van der Waals surface area contributed by atoms with Gasteiger partial charge in [0.05, 0.1) is 18.2 Å². The van der Waals surface area contributed by atoms with Crippen molar-refractivity contribution in [3.05, 3.63) is 29.8 Å². The molecule has 6 heteroatoms. The van der Waals surface area contributed by atoms with Gasteiger partial charge in [0.1, 0.15) is 0 Å². The first-order valence-corrected chi connectivity index (χ1v) is 6.92. The molecule has 0 heterocycles. The summed E-state index contributed by atoms with van der Waals surface area (Å²) in [6.45, 7) is 6.92. The second kappa shape index (κ2) is 8.26. The van der Waals surface area contributed by atoms with Crippen LogP contribution in [0.3, 0.4) is 0 Å². The Morgan fingerprint density at radius 1 is 1.33 bits per heavy atom. The third-order valence-corrected chi connectivity index (χ3v) is 2.99. The van der Waals surface area contributed by atoms with E-state index in [4.69, 9.17) is 9.84 Å². The van der Waals surface area contributed by atoms with E-state index in [9.17, 15) is 9.59 Å². The Bertz CT molecular complexity index is 488. The number of rotatable bonds is 7. The quantitative estimate of drug-likeness (QED) is 0.721. The molecule has 0 fully saturated rings. The molecule has 0 aromatic heterocycles. The summed E-state index contributed by atoms with van der Waals surface area (Å²) in [4.78, 5) is 22.8. The van der Waals surface area contributed by atoms with Crippen LogP contribution in [0.4, 0.5) is 10.5 Å². The highest BCUT2D eigenvalue weighted by Crippen LogP contribution is 2.11. The zero-order valence-electron chi connectivity index (χ0n) is 12.6. The molecule has 0 saturated carbocycles. The lowest BCUT2D eigenvalue weighted by molar-refractivity contribution is 0.0697. The van der Waals surface area contributed by atoms with Crippen molar-refractivity contribution in [1.29, 1.82) is 0 Å². The first-order valence-electron chi connectivity index (χ1n) is 6.92. The molecule has 0 bridgehead atoms. The van der Waals surface area contributed by atoms with Crippen LogP contribution in [-0.4, -0.2) is 36.4 Å². The molecule has 1 aromatic rings. The van der Waals surface area contributed by atoms with Crippen LogP contribution >= 0.6 is 0 Å². The second-order valence-electron chi connectivity index (χ2n) is 4.99. The van der Waals surface area contributed by atoms with Crippen LogP contribution in [0.15, 0.2) is 24.3 Å². The predicted molar refractivity (Wildman–Crippen MR) is 80.7 cm³/mol. The number of carboxylic acid groups (broad SMARTS) is 1. The molecule has 0 radical (unpaired) electrons. The summed E-state index contributed by atoms with van der Waals surface area (Å²) in [5.41, 5.74) is 0.564. The number of hydrogen-bond donors (Lipinski definition) is 3. The summed E-state index contributed by atoms with van der Waals surface area (Å²) in [5, 5.41) is 14.4. The summed E-state index contributed by atoms with van der Waals surface area (Å²) in [5.74, 6) is -0.803. The van der Waals surface area contributed by atoms with Gasteiger partial charge in [0.15, 0.2) is 0 Å². The van der Waals surface area contributed by atoms with E-state index in [0.717, 1.165) is 0 Å². The van der Waals surface area contributed by atoms with Gasteiger partial charge in [-0.25, -0.2) is 9.59 Å². The largest absolute Gasteiger partial charge is 0.478 e. The zero-order chi connectivity index (χ0) is 15.8. The van der Waals surface area contributed by atoms with Gasteiger partial charge in [-0.2, -0.15) is 0 Å². The minimum absolute atomic E-state index is 0.104. The average molecular weight is 294 g/mol. The van der Waals surface area contributed by atoms with E-state index in [2.05, 4.69) is 10.6 Å². The molecular formula is C15H22N2O4. The van der Waals surface area contributed by atoms with Gasteiger partial charge in [-0.15, -0.1) is 0 Å². The fourth-order valence-electron chi connectivity index (χ4n) is 1.71. The summed E-state index contributed by atoms with van der Waals surface area (Å²) in [7, 11) is 0. The average Bonchev–Trinajstić information content (AvgIpc) is 2.43. The Morgan fingerprint density at radius 3 is 2.62 bits per heavy atom. The fraction of sp³-hybridized carbons (Fsp3) is 0.467. The molecule has 1 unspecified atom stereocenters. The maximum Gasteiger partial charge on any atom is 0.335 e. The monoisotopic (exact) mass is 294 g/mol. The van der Waals surface area contributed by atoms with E-state index >= 15 is 0 Å². The maximum atomic E-state index is 11.9. The van der Waals surface area contributed by atoms with E-state index < -0.39 is 5.97 Å². The molecule has 6 nitrogen and oxygen atoms in total. The van der Waals surface area contributed by atoms with Crippen molar-refractivity contribution in [3.8, 4) is 0 Å². The second-order valence-corrected chi connectivity index (χ2v) is 4.99. The molecule has 1 aromatic carbocycles. The highest BCUT2D eigenvalue weighted by molar-refractivity contribution is 5.93. The number of ether oxygens (including phenoxy) is 1. The molecule has 0 aliphatic heterocycles. The molecule has 116 valence electrons. The Labute approximate surface area is 124 Å². The Balaban J connectivity index is 2.63. The third kappa shape index (κ3) is 5.83. The van der Waals surface area contributed by atoms with Crippen molar-refractivity contribution < 1.29 is 19.4 Å². The normalized spacial score (nSPS) is 12.0. The van der Waals surface area contributed by atoms with Gasteiger partial charge in [-0.3, -0.25) is 0 Å². The van der Waals surface area contributed by atoms with E-state index in [1.165, 1.54) is 12.1 Å². The lowest BCUT2D eigenvalue weighted by Gasteiger charge is -2.22. The number of hydrogen-bond acceptors (Lipinski definition) is 3.